The van der Waals surface area contributed by atoms with Gasteiger partial charge >= 0.3 is 0 Å². The zero-order chi connectivity index (χ0) is 14.0. The maximum atomic E-state index is 10.7. The normalized spacial score (nSPS) is 14.2. The van der Waals surface area contributed by atoms with Crippen molar-refractivity contribution in [2.75, 3.05) is 0 Å². The van der Waals surface area contributed by atoms with E-state index in [0.717, 1.165) is 10.0 Å². The van der Waals surface area contributed by atoms with Gasteiger partial charge in [0.15, 0.2) is 0 Å². The van der Waals surface area contributed by atoms with Crippen LogP contribution in [0.3, 0.4) is 0 Å². The lowest BCUT2D eigenvalue weighted by atomic mass is 9.89. The van der Waals surface area contributed by atoms with Gasteiger partial charge in [0.25, 0.3) is 0 Å². The summed E-state index contributed by atoms with van der Waals surface area (Å²) in [6.45, 7) is 1.75. The van der Waals surface area contributed by atoms with Crippen LogP contribution in [0.5, 0.6) is 0 Å². The fourth-order valence-corrected chi connectivity index (χ4v) is 3.16. The van der Waals surface area contributed by atoms with Crippen molar-refractivity contribution in [1.82, 2.24) is 0 Å². The van der Waals surface area contributed by atoms with Crippen LogP contribution < -0.4 is 0 Å². The first-order valence-corrected chi connectivity index (χ1v) is 7.36. The van der Waals surface area contributed by atoms with Crippen molar-refractivity contribution in [1.29, 1.82) is 0 Å². The Morgan fingerprint density at radius 2 is 1.89 bits per heavy atom. The summed E-state index contributed by atoms with van der Waals surface area (Å²) in [6.07, 6.45) is 0.453. The van der Waals surface area contributed by atoms with Gasteiger partial charge in [-0.15, -0.1) is 0 Å². The topological polar surface area (TPSA) is 20.2 Å². The van der Waals surface area contributed by atoms with Crippen LogP contribution in [0.4, 0.5) is 0 Å². The molecule has 2 rings (SSSR count). The van der Waals surface area contributed by atoms with E-state index in [1.54, 1.807) is 13.0 Å². The molecule has 2 aromatic carbocycles. The molecule has 0 aromatic heterocycles. The fourth-order valence-electron chi connectivity index (χ4n) is 2.07. The van der Waals surface area contributed by atoms with Crippen molar-refractivity contribution < 1.29 is 5.11 Å². The number of hydrogen-bond donors (Lipinski definition) is 1. The second-order valence-corrected chi connectivity index (χ2v) is 6.46. The molecule has 4 heteroatoms. The van der Waals surface area contributed by atoms with Gasteiger partial charge in [0.05, 0.1) is 5.60 Å². The molecule has 1 atom stereocenters. The molecule has 0 fully saturated rings. The number of hydrogen-bond acceptors (Lipinski definition) is 1. The molecule has 0 aliphatic carbocycles. The summed E-state index contributed by atoms with van der Waals surface area (Å²) in [5, 5.41) is 11.9. The van der Waals surface area contributed by atoms with E-state index in [2.05, 4.69) is 15.9 Å². The minimum absolute atomic E-state index is 0.453. The van der Waals surface area contributed by atoms with Gasteiger partial charge in [0.1, 0.15) is 0 Å². The molecule has 1 nitrogen and oxygen atoms in total. The van der Waals surface area contributed by atoms with Gasteiger partial charge in [-0.25, -0.2) is 0 Å². The van der Waals surface area contributed by atoms with Crippen LogP contribution in [-0.4, -0.2) is 5.11 Å². The van der Waals surface area contributed by atoms with Gasteiger partial charge < -0.3 is 5.11 Å². The molecule has 0 amide bonds. The van der Waals surface area contributed by atoms with Crippen LogP contribution in [0.1, 0.15) is 18.1 Å². The molecule has 0 aliphatic heterocycles. The highest BCUT2D eigenvalue weighted by Crippen LogP contribution is 2.33. The summed E-state index contributed by atoms with van der Waals surface area (Å²) in [4.78, 5) is 0. The van der Waals surface area contributed by atoms with E-state index in [9.17, 15) is 5.11 Å². The Hall–Kier alpha value is -0.540. The van der Waals surface area contributed by atoms with Crippen molar-refractivity contribution in [2.45, 2.75) is 18.9 Å². The maximum Gasteiger partial charge on any atom is 0.0923 e. The van der Waals surface area contributed by atoms with Gasteiger partial charge in [-0.3, -0.25) is 0 Å². The van der Waals surface area contributed by atoms with Crippen LogP contribution >= 0.6 is 39.1 Å². The molecular weight excluding hydrogens is 347 g/mol. The summed E-state index contributed by atoms with van der Waals surface area (Å²) in [5.41, 5.74) is 0.636. The molecule has 0 spiro atoms. The molecule has 0 bridgehead atoms. The lowest BCUT2D eigenvalue weighted by Crippen LogP contribution is -2.24. The lowest BCUT2D eigenvalue weighted by molar-refractivity contribution is 0.0577. The first-order valence-electron chi connectivity index (χ1n) is 5.81. The van der Waals surface area contributed by atoms with Crippen LogP contribution in [-0.2, 0) is 12.0 Å². The Kier molecular flexibility index (Phi) is 4.57. The van der Waals surface area contributed by atoms with E-state index < -0.39 is 5.60 Å². The second kappa shape index (κ2) is 5.84. The minimum Gasteiger partial charge on any atom is -0.385 e. The fraction of sp³-hybridized carbons (Fsp3) is 0.200. The van der Waals surface area contributed by atoms with Gasteiger partial charge in [0.2, 0.25) is 0 Å². The zero-order valence-electron chi connectivity index (χ0n) is 10.3. The van der Waals surface area contributed by atoms with E-state index in [1.165, 1.54) is 0 Å². The molecule has 2 aromatic rings. The van der Waals surface area contributed by atoms with Crippen LogP contribution in [0, 0.1) is 0 Å². The third-order valence-corrected chi connectivity index (χ3v) is 3.99. The van der Waals surface area contributed by atoms with Gasteiger partial charge in [-0.2, -0.15) is 0 Å². The number of benzene rings is 2. The highest BCUT2D eigenvalue weighted by Gasteiger charge is 2.26. The van der Waals surface area contributed by atoms with E-state index >= 15 is 0 Å². The van der Waals surface area contributed by atoms with E-state index in [4.69, 9.17) is 23.2 Å². The standard InChI is InChI=1S/C15H13BrCl2O/c1-15(19,9-10-3-2-4-12(17)7-10)13-6-5-11(16)8-14(13)18/h2-8,19H,9H2,1H3. The Morgan fingerprint density at radius 1 is 1.16 bits per heavy atom. The predicted octanol–water partition coefficient (Wildman–Crippen LogP) is 5.21. The van der Waals surface area contributed by atoms with Gasteiger partial charge in [-0.1, -0.05) is 57.3 Å². The summed E-state index contributed by atoms with van der Waals surface area (Å²) < 4.78 is 0.889. The largest absolute Gasteiger partial charge is 0.385 e. The van der Waals surface area contributed by atoms with E-state index in [1.807, 2.05) is 36.4 Å². The molecule has 1 N–H and O–H groups in total. The van der Waals surface area contributed by atoms with Crippen molar-refractivity contribution in [3.63, 3.8) is 0 Å². The van der Waals surface area contributed by atoms with E-state index in [0.29, 0.717) is 22.0 Å². The maximum absolute atomic E-state index is 10.7. The molecule has 0 radical (unpaired) electrons. The van der Waals surface area contributed by atoms with E-state index in [-0.39, 0.29) is 0 Å². The number of rotatable bonds is 3. The summed E-state index contributed by atoms with van der Waals surface area (Å²) >= 11 is 15.5. The zero-order valence-corrected chi connectivity index (χ0v) is 13.4. The Morgan fingerprint density at radius 3 is 2.53 bits per heavy atom. The SMILES string of the molecule is CC(O)(Cc1cccc(Cl)c1)c1ccc(Br)cc1Cl. The first kappa shape index (κ1) is 14.9. The second-order valence-electron chi connectivity index (χ2n) is 4.70. The first-order chi connectivity index (χ1) is 8.88. The summed E-state index contributed by atoms with van der Waals surface area (Å²) in [5.74, 6) is 0. The molecule has 0 aliphatic rings. The Bertz CT molecular complexity index is 596. The minimum atomic E-state index is -1.04. The summed E-state index contributed by atoms with van der Waals surface area (Å²) in [7, 11) is 0. The third kappa shape index (κ3) is 3.73. The molecule has 1 unspecified atom stereocenters. The van der Waals surface area contributed by atoms with Crippen LogP contribution in [0.2, 0.25) is 10.0 Å². The highest BCUT2D eigenvalue weighted by molar-refractivity contribution is 9.10. The van der Waals surface area contributed by atoms with Crippen molar-refractivity contribution in [3.05, 3.63) is 68.1 Å². The summed E-state index contributed by atoms with van der Waals surface area (Å²) in [6, 6.07) is 13.0. The van der Waals surface area contributed by atoms with Crippen molar-refractivity contribution >= 4 is 39.1 Å². The van der Waals surface area contributed by atoms with Crippen LogP contribution in [0.25, 0.3) is 0 Å². The molecule has 0 saturated heterocycles. The smallest absolute Gasteiger partial charge is 0.0923 e. The molecule has 0 heterocycles. The Labute approximate surface area is 131 Å². The third-order valence-electron chi connectivity index (χ3n) is 2.95. The lowest BCUT2D eigenvalue weighted by Gasteiger charge is -2.25. The molecule has 100 valence electrons. The Balaban J connectivity index is 2.31. The predicted molar refractivity (Wildman–Crippen MR) is 83.9 cm³/mol. The van der Waals surface area contributed by atoms with Crippen molar-refractivity contribution in [3.8, 4) is 0 Å². The molecule has 19 heavy (non-hydrogen) atoms. The monoisotopic (exact) mass is 358 g/mol. The highest BCUT2D eigenvalue weighted by atomic mass is 79.9. The average molecular weight is 360 g/mol. The number of aliphatic hydroxyl groups is 1. The molecular formula is C15H13BrCl2O. The quantitative estimate of drug-likeness (QED) is 0.797. The van der Waals surface area contributed by atoms with Crippen molar-refractivity contribution in [2.24, 2.45) is 0 Å². The number of halogens is 3. The average Bonchev–Trinajstić information content (AvgIpc) is 2.27. The van der Waals surface area contributed by atoms with Crippen LogP contribution in [0.15, 0.2) is 46.9 Å². The molecule has 0 saturated carbocycles. The van der Waals surface area contributed by atoms with Gasteiger partial charge in [-0.05, 0) is 36.8 Å². The van der Waals surface area contributed by atoms with Gasteiger partial charge in [0, 0.05) is 26.5 Å².